The summed E-state index contributed by atoms with van der Waals surface area (Å²) in [5.74, 6) is 0. The van der Waals surface area contributed by atoms with Gasteiger partial charge in [0.2, 0.25) is 0 Å². The molecule has 0 radical (unpaired) electrons. The van der Waals surface area contributed by atoms with Crippen LogP contribution in [0.5, 0.6) is 0 Å². The van der Waals surface area contributed by atoms with Crippen LogP contribution in [-0.4, -0.2) is 31.1 Å². The van der Waals surface area contributed by atoms with Gasteiger partial charge in [0.25, 0.3) is 0 Å². The lowest BCUT2D eigenvalue weighted by atomic mass is 10.0. The van der Waals surface area contributed by atoms with Crippen molar-refractivity contribution in [3.63, 3.8) is 0 Å². The summed E-state index contributed by atoms with van der Waals surface area (Å²) in [6, 6.07) is 2.63. The van der Waals surface area contributed by atoms with E-state index in [2.05, 4.69) is 63.5 Å². The topological polar surface area (TPSA) is 15.3 Å². The van der Waals surface area contributed by atoms with Crippen molar-refractivity contribution >= 4 is 11.3 Å². The van der Waals surface area contributed by atoms with Crippen LogP contribution in [0.25, 0.3) is 0 Å². The fourth-order valence-corrected chi connectivity index (χ4v) is 2.44. The van der Waals surface area contributed by atoms with Gasteiger partial charge in [0.1, 0.15) is 0 Å². The highest BCUT2D eigenvalue weighted by Gasteiger charge is 2.21. The Labute approximate surface area is 104 Å². The van der Waals surface area contributed by atoms with E-state index < -0.39 is 0 Å². The second-order valence-electron chi connectivity index (χ2n) is 5.28. The smallest absolute Gasteiger partial charge is 0.0389 e. The third kappa shape index (κ3) is 3.30. The van der Waals surface area contributed by atoms with Crippen molar-refractivity contribution in [1.82, 2.24) is 10.2 Å². The zero-order valence-electron chi connectivity index (χ0n) is 11.3. The molecule has 1 rings (SSSR count). The molecule has 0 fully saturated rings. The molecule has 1 atom stereocenters. The maximum absolute atomic E-state index is 3.62. The lowest BCUT2D eigenvalue weighted by molar-refractivity contribution is 0.185. The maximum Gasteiger partial charge on any atom is 0.0389 e. The molecule has 0 spiro atoms. The molecule has 3 heteroatoms. The van der Waals surface area contributed by atoms with Gasteiger partial charge in [-0.2, -0.15) is 0 Å². The van der Waals surface area contributed by atoms with Crippen LogP contribution in [0.15, 0.2) is 11.4 Å². The number of nitrogens with one attached hydrogen (secondary N) is 1. The predicted molar refractivity (Wildman–Crippen MR) is 73.2 cm³/mol. The monoisotopic (exact) mass is 240 g/mol. The first-order valence-electron chi connectivity index (χ1n) is 5.79. The minimum Gasteiger partial charge on any atom is -0.308 e. The van der Waals surface area contributed by atoms with Gasteiger partial charge >= 0.3 is 0 Å². The van der Waals surface area contributed by atoms with Crippen LogP contribution in [0, 0.1) is 6.92 Å². The average molecular weight is 240 g/mol. The summed E-state index contributed by atoms with van der Waals surface area (Å²) in [7, 11) is 4.26. The molecule has 0 amide bonds. The quantitative estimate of drug-likeness (QED) is 0.851. The van der Waals surface area contributed by atoms with Crippen molar-refractivity contribution in [3.05, 3.63) is 21.9 Å². The Kier molecular flexibility index (Phi) is 4.53. The Morgan fingerprint density at radius 3 is 2.50 bits per heavy atom. The first kappa shape index (κ1) is 13.7. The maximum atomic E-state index is 3.62. The van der Waals surface area contributed by atoms with Gasteiger partial charge in [-0.05, 0) is 58.8 Å². The summed E-state index contributed by atoms with van der Waals surface area (Å²) in [5.41, 5.74) is 1.59. The van der Waals surface area contributed by atoms with E-state index in [9.17, 15) is 0 Å². The molecule has 92 valence electrons. The highest BCUT2D eigenvalue weighted by Crippen LogP contribution is 2.23. The summed E-state index contributed by atoms with van der Waals surface area (Å²) < 4.78 is 0. The molecule has 1 heterocycles. The lowest BCUT2D eigenvalue weighted by Crippen LogP contribution is -2.47. The van der Waals surface area contributed by atoms with Gasteiger partial charge < -0.3 is 10.2 Å². The molecular weight excluding hydrogens is 216 g/mol. The zero-order valence-corrected chi connectivity index (χ0v) is 12.1. The van der Waals surface area contributed by atoms with Crippen molar-refractivity contribution in [1.29, 1.82) is 0 Å². The van der Waals surface area contributed by atoms with Crippen LogP contribution in [0.3, 0.4) is 0 Å². The first-order chi connectivity index (χ1) is 7.34. The van der Waals surface area contributed by atoms with Crippen molar-refractivity contribution in [2.45, 2.75) is 39.3 Å². The van der Waals surface area contributed by atoms with E-state index >= 15 is 0 Å². The third-order valence-electron chi connectivity index (χ3n) is 3.35. The van der Waals surface area contributed by atoms with E-state index in [1.54, 1.807) is 0 Å². The molecule has 0 aliphatic rings. The van der Waals surface area contributed by atoms with Crippen LogP contribution in [0.1, 0.15) is 37.3 Å². The fourth-order valence-electron chi connectivity index (χ4n) is 1.48. The van der Waals surface area contributed by atoms with E-state index in [1.807, 2.05) is 11.3 Å². The molecule has 0 bridgehead atoms. The first-order valence-corrected chi connectivity index (χ1v) is 6.67. The van der Waals surface area contributed by atoms with Crippen molar-refractivity contribution in [3.8, 4) is 0 Å². The Bertz CT molecular complexity index is 328. The fraction of sp³-hybridized carbons (Fsp3) is 0.692. The summed E-state index contributed by atoms with van der Waals surface area (Å²) in [6.45, 7) is 9.94. The molecule has 1 unspecified atom stereocenters. The molecule has 1 N–H and O–H groups in total. The molecule has 1 aromatic heterocycles. The van der Waals surface area contributed by atoms with Crippen LogP contribution in [0.2, 0.25) is 0 Å². The number of likely N-dealkylation sites (N-methyl/N-ethyl adjacent to an activating group) is 1. The van der Waals surface area contributed by atoms with E-state index in [4.69, 9.17) is 0 Å². The second kappa shape index (κ2) is 5.30. The zero-order chi connectivity index (χ0) is 12.3. The van der Waals surface area contributed by atoms with Gasteiger partial charge in [-0.1, -0.05) is 0 Å². The van der Waals surface area contributed by atoms with Crippen LogP contribution >= 0.6 is 11.3 Å². The number of aryl methyl sites for hydroxylation is 1. The Balaban J connectivity index is 2.54. The molecular formula is C13H24N2S. The Hall–Kier alpha value is -0.380. The van der Waals surface area contributed by atoms with Gasteiger partial charge in [0, 0.05) is 23.0 Å². The Morgan fingerprint density at radius 2 is 2.06 bits per heavy atom. The highest BCUT2D eigenvalue weighted by molar-refractivity contribution is 7.10. The minimum atomic E-state index is 0.194. The highest BCUT2D eigenvalue weighted by atomic mass is 32.1. The molecule has 0 aliphatic heterocycles. The summed E-state index contributed by atoms with van der Waals surface area (Å²) in [6.07, 6.45) is 0. The third-order valence-corrected chi connectivity index (χ3v) is 4.55. The average Bonchev–Trinajstić information content (AvgIpc) is 2.61. The minimum absolute atomic E-state index is 0.194. The SMILES string of the molecule is Cc1ccsc1C(C)NCC(C)(C)N(C)C. The molecule has 0 aliphatic carbocycles. The van der Waals surface area contributed by atoms with Gasteiger partial charge in [0.15, 0.2) is 0 Å². The van der Waals surface area contributed by atoms with Crippen LogP contribution in [-0.2, 0) is 0 Å². The number of thiophene rings is 1. The molecule has 1 aromatic rings. The number of nitrogens with zero attached hydrogens (tertiary/aromatic N) is 1. The summed E-state index contributed by atoms with van der Waals surface area (Å²) in [5, 5.41) is 5.78. The van der Waals surface area contributed by atoms with Crippen LogP contribution in [0.4, 0.5) is 0 Å². The van der Waals surface area contributed by atoms with Gasteiger partial charge in [-0.3, -0.25) is 0 Å². The van der Waals surface area contributed by atoms with E-state index in [0.717, 1.165) is 6.54 Å². The number of hydrogen-bond donors (Lipinski definition) is 1. The van der Waals surface area contributed by atoms with Crippen molar-refractivity contribution in [2.75, 3.05) is 20.6 Å². The number of rotatable bonds is 5. The summed E-state index contributed by atoms with van der Waals surface area (Å²) in [4.78, 5) is 3.71. The molecule has 0 saturated heterocycles. The molecule has 16 heavy (non-hydrogen) atoms. The predicted octanol–water partition coefficient (Wildman–Crippen LogP) is 3.05. The van der Waals surface area contributed by atoms with Gasteiger partial charge in [0.05, 0.1) is 0 Å². The summed E-state index contributed by atoms with van der Waals surface area (Å²) >= 11 is 1.84. The Morgan fingerprint density at radius 1 is 1.44 bits per heavy atom. The normalized spacial score (nSPS) is 14.4. The van der Waals surface area contributed by atoms with Crippen LogP contribution < -0.4 is 5.32 Å². The van der Waals surface area contributed by atoms with E-state index in [1.165, 1.54) is 10.4 Å². The van der Waals surface area contributed by atoms with E-state index in [0.29, 0.717) is 6.04 Å². The van der Waals surface area contributed by atoms with Crippen molar-refractivity contribution in [2.24, 2.45) is 0 Å². The van der Waals surface area contributed by atoms with Gasteiger partial charge in [-0.25, -0.2) is 0 Å². The molecule has 0 aromatic carbocycles. The lowest BCUT2D eigenvalue weighted by Gasteiger charge is -2.34. The molecule has 0 saturated carbocycles. The van der Waals surface area contributed by atoms with E-state index in [-0.39, 0.29) is 5.54 Å². The number of hydrogen-bond acceptors (Lipinski definition) is 3. The largest absolute Gasteiger partial charge is 0.308 e. The van der Waals surface area contributed by atoms with Gasteiger partial charge in [-0.15, -0.1) is 11.3 Å². The second-order valence-corrected chi connectivity index (χ2v) is 6.23. The standard InChI is InChI=1S/C13H24N2S/c1-10-7-8-16-12(10)11(2)14-9-13(3,4)15(5)6/h7-8,11,14H,9H2,1-6H3. The van der Waals surface area contributed by atoms with Crippen molar-refractivity contribution < 1.29 is 0 Å². The molecule has 2 nitrogen and oxygen atoms in total.